The van der Waals surface area contributed by atoms with E-state index in [0.717, 1.165) is 4.90 Å². The molecule has 0 atom stereocenters. The van der Waals surface area contributed by atoms with E-state index >= 15 is 0 Å². The Hall–Kier alpha value is -1.74. The van der Waals surface area contributed by atoms with Crippen molar-refractivity contribution in [2.24, 2.45) is 0 Å². The van der Waals surface area contributed by atoms with Crippen LogP contribution in [0.15, 0.2) is 52.3 Å². The molecule has 2 aromatic carbocycles. The van der Waals surface area contributed by atoms with Gasteiger partial charge in [-0.2, -0.15) is 0 Å². The van der Waals surface area contributed by atoms with Crippen molar-refractivity contribution in [2.45, 2.75) is 9.79 Å². The molecule has 140 valence electrons. The number of methoxy groups -OCH3 is 1. The second-order valence-corrected chi connectivity index (χ2v) is 8.51. The smallest absolute Gasteiger partial charge is 0.254 e. The number of amides is 1. The first-order chi connectivity index (χ1) is 12.4. The molecule has 0 unspecified atom stereocenters. The molecule has 0 heterocycles. The van der Waals surface area contributed by atoms with E-state index in [1.165, 1.54) is 44.1 Å². The average Bonchev–Trinajstić information content (AvgIpc) is 2.65. The van der Waals surface area contributed by atoms with Crippen molar-refractivity contribution >= 4 is 39.3 Å². The number of nitrogens with one attached hydrogen (secondary N) is 2. The van der Waals surface area contributed by atoms with Crippen molar-refractivity contribution in [2.75, 3.05) is 26.5 Å². The van der Waals surface area contributed by atoms with Crippen LogP contribution in [-0.4, -0.2) is 40.8 Å². The van der Waals surface area contributed by atoms with Gasteiger partial charge in [-0.25, -0.2) is 13.1 Å². The zero-order valence-corrected chi connectivity index (χ0v) is 16.7. The maximum atomic E-state index is 12.4. The SMILES string of the molecule is CNC(=O)c1cc(S(=O)(=O)NCCSc2ccc(Cl)cc2)ccc1OC. The van der Waals surface area contributed by atoms with Gasteiger partial charge in [0.1, 0.15) is 5.75 Å². The highest BCUT2D eigenvalue weighted by Gasteiger charge is 2.19. The summed E-state index contributed by atoms with van der Waals surface area (Å²) < 4.78 is 32.5. The second-order valence-electron chi connectivity index (χ2n) is 5.14. The molecule has 0 aliphatic carbocycles. The van der Waals surface area contributed by atoms with E-state index in [9.17, 15) is 13.2 Å². The molecular weight excluding hydrogens is 396 g/mol. The molecule has 0 saturated carbocycles. The topological polar surface area (TPSA) is 84.5 Å². The molecule has 2 N–H and O–H groups in total. The fourth-order valence-corrected chi connectivity index (χ4v) is 4.21. The first-order valence-corrected chi connectivity index (χ1v) is 10.5. The molecule has 0 fully saturated rings. The average molecular weight is 415 g/mol. The predicted octanol–water partition coefficient (Wildman–Crippen LogP) is 2.78. The number of hydrogen-bond donors (Lipinski definition) is 2. The number of carbonyl (C=O) groups excluding carboxylic acids is 1. The van der Waals surface area contributed by atoms with Crippen molar-refractivity contribution in [1.29, 1.82) is 0 Å². The maximum absolute atomic E-state index is 12.4. The zero-order chi connectivity index (χ0) is 19.2. The summed E-state index contributed by atoms with van der Waals surface area (Å²) in [4.78, 5) is 12.9. The number of ether oxygens (including phenoxy) is 1. The molecule has 26 heavy (non-hydrogen) atoms. The molecule has 0 saturated heterocycles. The Bertz CT molecular complexity index is 871. The van der Waals surface area contributed by atoms with Crippen LogP contribution in [0.1, 0.15) is 10.4 Å². The van der Waals surface area contributed by atoms with Gasteiger partial charge in [0.2, 0.25) is 10.0 Å². The monoisotopic (exact) mass is 414 g/mol. The summed E-state index contributed by atoms with van der Waals surface area (Å²) >= 11 is 7.34. The van der Waals surface area contributed by atoms with Crippen LogP contribution in [-0.2, 0) is 10.0 Å². The lowest BCUT2D eigenvalue weighted by atomic mass is 10.2. The first kappa shape index (κ1) is 20.6. The highest BCUT2D eigenvalue weighted by Crippen LogP contribution is 2.23. The van der Waals surface area contributed by atoms with Crippen LogP contribution in [0, 0.1) is 0 Å². The third-order valence-corrected chi connectivity index (χ3v) is 6.15. The predicted molar refractivity (Wildman–Crippen MR) is 104 cm³/mol. The van der Waals surface area contributed by atoms with Gasteiger partial charge in [-0.15, -0.1) is 11.8 Å². The second kappa shape index (κ2) is 9.27. The Kier molecular flexibility index (Phi) is 7.33. The van der Waals surface area contributed by atoms with E-state index in [0.29, 0.717) is 16.5 Å². The van der Waals surface area contributed by atoms with Crippen LogP contribution in [0.25, 0.3) is 0 Å². The largest absolute Gasteiger partial charge is 0.496 e. The Morgan fingerprint density at radius 2 is 1.88 bits per heavy atom. The summed E-state index contributed by atoms with van der Waals surface area (Å²) in [5.41, 5.74) is 0.161. The maximum Gasteiger partial charge on any atom is 0.254 e. The molecule has 2 aromatic rings. The number of sulfonamides is 1. The van der Waals surface area contributed by atoms with Gasteiger partial charge in [0, 0.05) is 29.3 Å². The number of halogens is 1. The molecule has 0 aromatic heterocycles. The van der Waals surface area contributed by atoms with Gasteiger partial charge in [0.25, 0.3) is 5.91 Å². The Labute approximate surface area is 162 Å². The first-order valence-electron chi connectivity index (χ1n) is 7.65. The van der Waals surface area contributed by atoms with E-state index < -0.39 is 15.9 Å². The summed E-state index contributed by atoms with van der Waals surface area (Å²) in [6.45, 7) is 0.247. The lowest BCUT2D eigenvalue weighted by Gasteiger charge is -2.11. The molecular formula is C17H19ClN2O4S2. The molecule has 0 aliphatic rings. The minimum absolute atomic E-state index is 0.00777. The van der Waals surface area contributed by atoms with Crippen molar-refractivity contribution < 1.29 is 17.9 Å². The minimum atomic E-state index is -3.73. The third-order valence-electron chi connectivity index (χ3n) is 3.43. The van der Waals surface area contributed by atoms with Crippen molar-refractivity contribution in [3.8, 4) is 5.75 Å². The van der Waals surface area contributed by atoms with E-state index in [-0.39, 0.29) is 17.0 Å². The molecule has 0 spiro atoms. The van der Waals surface area contributed by atoms with Gasteiger partial charge in [-0.3, -0.25) is 4.79 Å². The van der Waals surface area contributed by atoms with E-state index in [1.807, 2.05) is 12.1 Å². The van der Waals surface area contributed by atoms with Crippen LogP contribution in [0.5, 0.6) is 5.75 Å². The summed E-state index contributed by atoms with van der Waals surface area (Å²) in [7, 11) is -0.844. The van der Waals surface area contributed by atoms with E-state index in [4.69, 9.17) is 16.3 Å². The lowest BCUT2D eigenvalue weighted by Crippen LogP contribution is -2.27. The quantitative estimate of drug-likeness (QED) is 0.512. The summed E-state index contributed by atoms with van der Waals surface area (Å²) in [6.07, 6.45) is 0. The highest BCUT2D eigenvalue weighted by atomic mass is 35.5. The Morgan fingerprint density at radius 1 is 1.19 bits per heavy atom. The molecule has 9 heteroatoms. The summed E-state index contributed by atoms with van der Waals surface area (Å²) in [6, 6.07) is 11.5. The van der Waals surface area contributed by atoms with Gasteiger partial charge < -0.3 is 10.1 Å². The van der Waals surface area contributed by atoms with Crippen LogP contribution in [0.4, 0.5) is 0 Å². The molecule has 6 nitrogen and oxygen atoms in total. The van der Waals surface area contributed by atoms with Crippen molar-refractivity contribution in [3.63, 3.8) is 0 Å². The van der Waals surface area contributed by atoms with Crippen LogP contribution in [0.2, 0.25) is 5.02 Å². The number of hydrogen-bond acceptors (Lipinski definition) is 5. The van der Waals surface area contributed by atoms with Crippen LogP contribution >= 0.6 is 23.4 Å². The van der Waals surface area contributed by atoms with Gasteiger partial charge >= 0.3 is 0 Å². The number of benzene rings is 2. The standard InChI is InChI=1S/C17H19ClN2O4S2/c1-19-17(21)15-11-14(7-8-16(15)24-2)26(22,23)20-9-10-25-13-5-3-12(18)4-6-13/h3-8,11,20H,9-10H2,1-2H3,(H,19,21). The zero-order valence-electron chi connectivity index (χ0n) is 14.3. The molecule has 0 radical (unpaired) electrons. The summed E-state index contributed by atoms with van der Waals surface area (Å²) in [5.74, 6) is 0.443. The molecule has 0 aliphatic heterocycles. The lowest BCUT2D eigenvalue weighted by molar-refractivity contribution is 0.0960. The highest BCUT2D eigenvalue weighted by molar-refractivity contribution is 7.99. The third kappa shape index (κ3) is 5.38. The van der Waals surface area contributed by atoms with Crippen LogP contribution in [0.3, 0.4) is 0 Å². The van der Waals surface area contributed by atoms with Crippen LogP contribution < -0.4 is 14.8 Å². The fourth-order valence-electron chi connectivity index (χ4n) is 2.13. The Balaban J connectivity index is 2.02. The number of rotatable bonds is 8. The number of thioether (sulfide) groups is 1. The molecule has 1 amide bonds. The Morgan fingerprint density at radius 3 is 2.50 bits per heavy atom. The fraction of sp³-hybridized carbons (Fsp3) is 0.235. The van der Waals surface area contributed by atoms with Gasteiger partial charge in [0.15, 0.2) is 0 Å². The van der Waals surface area contributed by atoms with E-state index in [1.54, 1.807) is 12.1 Å². The van der Waals surface area contributed by atoms with Crippen molar-refractivity contribution in [3.05, 3.63) is 53.1 Å². The van der Waals surface area contributed by atoms with Gasteiger partial charge in [-0.1, -0.05) is 11.6 Å². The summed E-state index contributed by atoms with van der Waals surface area (Å²) in [5, 5.41) is 3.12. The van der Waals surface area contributed by atoms with Crippen molar-refractivity contribution in [1.82, 2.24) is 10.0 Å². The molecule has 2 rings (SSSR count). The minimum Gasteiger partial charge on any atom is -0.496 e. The van der Waals surface area contributed by atoms with Gasteiger partial charge in [0.05, 0.1) is 17.6 Å². The normalized spacial score (nSPS) is 11.2. The van der Waals surface area contributed by atoms with E-state index in [2.05, 4.69) is 10.0 Å². The van der Waals surface area contributed by atoms with Gasteiger partial charge in [-0.05, 0) is 42.5 Å². The number of carbonyl (C=O) groups is 1. The molecule has 0 bridgehead atoms.